The van der Waals surface area contributed by atoms with Crippen molar-refractivity contribution in [2.45, 2.75) is 33.0 Å². The molecule has 3 aromatic carbocycles. The molecule has 0 spiro atoms. The van der Waals surface area contributed by atoms with Crippen LogP contribution in [0.1, 0.15) is 34.4 Å². The molecule has 0 radical (unpaired) electrons. The standard InChI is InChI=1S/C33H29ClN6O3/c1-19-24(26-7-4-8-29(30(26)34)40-17-23-15-38(2)18-28(23)37-40)5-3-6-25(19)32-36-27-12-20(11-22(13-35)31(27)43-32)14-39-10-9-21(16-39)33(41)42/h3-8,11-12,17,21H,9-10,14-16,18H2,1-2H3,(H,41,42)/t21-/m1/s1. The van der Waals surface area contributed by atoms with Gasteiger partial charge in [0.2, 0.25) is 5.89 Å². The van der Waals surface area contributed by atoms with Crippen molar-refractivity contribution in [3.05, 3.63) is 87.7 Å². The Morgan fingerprint density at radius 1 is 1.16 bits per heavy atom. The van der Waals surface area contributed by atoms with Crippen molar-refractivity contribution in [3.8, 4) is 34.3 Å². The minimum absolute atomic E-state index is 0.357. The lowest BCUT2D eigenvalue weighted by atomic mass is 9.96. The number of hydrogen-bond acceptors (Lipinski definition) is 7. The molecule has 9 nitrogen and oxygen atoms in total. The van der Waals surface area contributed by atoms with Crippen molar-refractivity contribution in [1.82, 2.24) is 24.6 Å². The van der Waals surface area contributed by atoms with E-state index in [-0.39, 0.29) is 5.92 Å². The number of carbonyl (C=O) groups is 1. The minimum atomic E-state index is -0.764. The van der Waals surface area contributed by atoms with Crippen LogP contribution in [0.5, 0.6) is 0 Å². The number of benzene rings is 3. The Balaban J connectivity index is 1.23. The number of nitriles is 1. The zero-order chi connectivity index (χ0) is 29.8. The van der Waals surface area contributed by atoms with Gasteiger partial charge in [-0.3, -0.25) is 14.6 Å². The first-order valence-corrected chi connectivity index (χ1v) is 14.6. The van der Waals surface area contributed by atoms with Gasteiger partial charge in [-0.25, -0.2) is 9.67 Å². The maximum atomic E-state index is 11.4. The first-order chi connectivity index (χ1) is 20.8. The predicted molar refractivity (Wildman–Crippen MR) is 163 cm³/mol. The van der Waals surface area contributed by atoms with Gasteiger partial charge in [-0.2, -0.15) is 10.4 Å². The monoisotopic (exact) mass is 592 g/mol. The molecule has 2 aromatic heterocycles. The third-order valence-corrected chi connectivity index (χ3v) is 8.91. The van der Waals surface area contributed by atoms with E-state index in [1.165, 1.54) is 5.56 Å². The van der Waals surface area contributed by atoms with Crippen molar-refractivity contribution in [2.75, 3.05) is 20.1 Å². The summed E-state index contributed by atoms with van der Waals surface area (Å²) in [5, 5.41) is 24.7. The average molecular weight is 593 g/mol. The van der Waals surface area contributed by atoms with Gasteiger partial charge >= 0.3 is 5.97 Å². The summed E-state index contributed by atoms with van der Waals surface area (Å²) in [5.41, 5.74) is 9.05. The summed E-state index contributed by atoms with van der Waals surface area (Å²) in [5.74, 6) is -0.695. The largest absolute Gasteiger partial charge is 0.481 e. The molecule has 2 aliphatic rings. The fraction of sp³-hybridized carbons (Fsp3) is 0.273. The number of aromatic nitrogens is 3. The van der Waals surface area contributed by atoms with Gasteiger partial charge in [0.05, 0.1) is 27.9 Å². The molecule has 0 amide bonds. The number of rotatable bonds is 6. The van der Waals surface area contributed by atoms with Crippen molar-refractivity contribution in [2.24, 2.45) is 5.92 Å². The quantitative estimate of drug-likeness (QED) is 0.254. The molecule has 1 fully saturated rings. The van der Waals surface area contributed by atoms with Gasteiger partial charge in [0.25, 0.3) is 0 Å². The normalized spacial score (nSPS) is 17.0. The Morgan fingerprint density at radius 2 is 1.95 bits per heavy atom. The first-order valence-electron chi connectivity index (χ1n) is 14.2. The van der Waals surface area contributed by atoms with Crippen LogP contribution >= 0.6 is 11.6 Å². The molecule has 0 unspecified atom stereocenters. The lowest BCUT2D eigenvalue weighted by molar-refractivity contribution is -0.141. The Labute approximate surface area is 253 Å². The molecule has 2 aliphatic heterocycles. The molecule has 0 aliphatic carbocycles. The number of aliphatic carboxylic acids is 1. The zero-order valence-corrected chi connectivity index (χ0v) is 24.6. The highest BCUT2D eigenvalue weighted by Gasteiger charge is 2.28. The van der Waals surface area contributed by atoms with Crippen LogP contribution in [-0.4, -0.2) is 55.8 Å². The lowest BCUT2D eigenvalue weighted by Crippen LogP contribution is -2.22. The van der Waals surface area contributed by atoms with E-state index in [0.717, 1.165) is 52.3 Å². The van der Waals surface area contributed by atoms with Crippen LogP contribution in [0.15, 0.2) is 59.1 Å². The second kappa shape index (κ2) is 10.7. The van der Waals surface area contributed by atoms with Crippen molar-refractivity contribution in [3.63, 3.8) is 0 Å². The third kappa shape index (κ3) is 4.87. The van der Waals surface area contributed by atoms with E-state index in [9.17, 15) is 15.2 Å². The van der Waals surface area contributed by atoms with E-state index in [2.05, 4.69) is 29.1 Å². The third-order valence-electron chi connectivity index (χ3n) is 8.51. The summed E-state index contributed by atoms with van der Waals surface area (Å²) in [6.07, 6.45) is 2.68. The van der Waals surface area contributed by atoms with Gasteiger partial charge in [-0.1, -0.05) is 35.9 Å². The smallest absolute Gasteiger partial charge is 0.307 e. The summed E-state index contributed by atoms with van der Waals surface area (Å²) < 4.78 is 8.08. The molecule has 4 heterocycles. The predicted octanol–water partition coefficient (Wildman–Crippen LogP) is 6.03. The number of halogens is 1. The van der Waals surface area contributed by atoms with Crippen LogP contribution in [0.25, 0.3) is 39.4 Å². The molecule has 1 saturated heterocycles. The number of hydrogen-bond donors (Lipinski definition) is 1. The first kappa shape index (κ1) is 27.3. The summed E-state index contributed by atoms with van der Waals surface area (Å²) in [4.78, 5) is 20.5. The summed E-state index contributed by atoms with van der Waals surface area (Å²) in [7, 11) is 2.08. The average Bonchev–Trinajstić information content (AvgIpc) is 3.77. The molecule has 1 N–H and O–H groups in total. The molecular weight excluding hydrogens is 564 g/mol. The molecule has 10 heteroatoms. The molecule has 5 aromatic rings. The number of nitrogens with zero attached hydrogens (tertiary/aromatic N) is 6. The SMILES string of the molecule is Cc1c(-c2nc3cc(CN4CC[C@@H](C(=O)O)C4)cc(C#N)c3o2)cccc1-c1cccc(-n2cc3c(n2)CN(C)C3)c1Cl. The molecule has 0 saturated carbocycles. The Hall–Kier alpha value is -4.49. The summed E-state index contributed by atoms with van der Waals surface area (Å²) >= 11 is 7.03. The van der Waals surface area contributed by atoms with E-state index >= 15 is 0 Å². The van der Waals surface area contributed by atoms with Crippen molar-refractivity contribution in [1.29, 1.82) is 5.26 Å². The van der Waals surface area contributed by atoms with Crippen LogP contribution in [0, 0.1) is 24.2 Å². The molecule has 0 bridgehead atoms. The Morgan fingerprint density at radius 3 is 2.72 bits per heavy atom. The molecule has 7 rings (SSSR count). The van der Waals surface area contributed by atoms with Crippen LogP contribution < -0.4 is 0 Å². The highest BCUT2D eigenvalue weighted by atomic mass is 35.5. The van der Waals surface area contributed by atoms with E-state index in [1.54, 1.807) is 0 Å². The number of carboxylic acids is 1. The van der Waals surface area contributed by atoms with E-state index in [1.807, 2.05) is 60.1 Å². The Kier molecular flexibility index (Phi) is 6.78. The molecule has 1 atom stereocenters. The minimum Gasteiger partial charge on any atom is -0.481 e. The van der Waals surface area contributed by atoms with Gasteiger partial charge in [0.15, 0.2) is 5.58 Å². The molecule has 216 valence electrons. The maximum Gasteiger partial charge on any atom is 0.307 e. The van der Waals surface area contributed by atoms with E-state index in [0.29, 0.717) is 53.6 Å². The van der Waals surface area contributed by atoms with Gasteiger partial charge < -0.3 is 9.52 Å². The van der Waals surface area contributed by atoms with E-state index < -0.39 is 5.97 Å². The van der Waals surface area contributed by atoms with Crippen LogP contribution in [0.3, 0.4) is 0 Å². The van der Waals surface area contributed by atoms with E-state index in [4.69, 9.17) is 26.1 Å². The maximum absolute atomic E-state index is 11.4. The van der Waals surface area contributed by atoms with Gasteiger partial charge in [0, 0.05) is 49.1 Å². The van der Waals surface area contributed by atoms with Gasteiger partial charge in [-0.05, 0) is 67.9 Å². The number of carboxylic acid groups (broad SMARTS) is 1. The number of oxazole rings is 1. The highest BCUT2D eigenvalue weighted by Crippen LogP contribution is 2.39. The summed E-state index contributed by atoms with van der Waals surface area (Å²) in [6, 6.07) is 17.9. The number of likely N-dealkylation sites (tertiary alicyclic amines) is 1. The van der Waals surface area contributed by atoms with Crippen LogP contribution in [0.4, 0.5) is 0 Å². The lowest BCUT2D eigenvalue weighted by Gasteiger charge is -2.15. The second-order valence-corrected chi connectivity index (χ2v) is 11.9. The topological polar surface area (TPSA) is 111 Å². The Bertz CT molecular complexity index is 1930. The van der Waals surface area contributed by atoms with Crippen molar-refractivity contribution < 1.29 is 14.3 Å². The number of fused-ring (bicyclic) bond motifs is 2. The van der Waals surface area contributed by atoms with Crippen LogP contribution in [0.2, 0.25) is 5.02 Å². The molecular formula is C33H29ClN6O3. The van der Waals surface area contributed by atoms with Gasteiger partial charge in [0.1, 0.15) is 11.6 Å². The fourth-order valence-corrected chi connectivity index (χ4v) is 6.63. The summed E-state index contributed by atoms with van der Waals surface area (Å²) in [6.45, 7) is 5.46. The molecule has 43 heavy (non-hydrogen) atoms. The highest BCUT2D eigenvalue weighted by molar-refractivity contribution is 6.35. The fourth-order valence-electron chi connectivity index (χ4n) is 6.32. The second-order valence-electron chi connectivity index (χ2n) is 11.5. The van der Waals surface area contributed by atoms with Crippen LogP contribution in [-0.2, 0) is 24.4 Å². The van der Waals surface area contributed by atoms with Crippen molar-refractivity contribution >= 4 is 28.7 Å². The van der Waals surface area contributed by atoms with Gasteiger partial charge in [-0.15, -0.1) is 0 Å². The zero-order valence-electron chi connectivity index (χ0n) is 23.8.